The van der Waals surface area contributed by atoms with Crippen molar-refractivity contribution < 1.29 is 19.1 Å². The maximum atomic E-state index is 10.9. The van der Waals surface area contributed by atoms with Gasteiger partial charge < -0.3 is 19.6 Å². The van der Waals surface area contributed by atoms with E-state index >= 15 is 0 Å². The molecule has 0 aliphatic heterocycles. The average Bonchev–Trinajstić information content (AvgIpc) is 2.77. The quantitative estimate of drug-likeness (QED) is 0.843. The van der Waals surface area contributed by atoms with Gasteiger partial charge in [-0.3, -0.25) is 4.98 Å². The second-order valence-electron chi connectivity index (χ2n) is 4.75. The number of hydrogen-bond donors (Lipinski definition) is 2. The number of nitrogens with zero attached hydrogens (tertiary/aromatic N) is 2. The lowest BCUT2D eigenvalue weighted by atomic mass is 10.2. The molecule has 7 nitrogen and oxygen atoms in total. The molecular formula is C14H17N3O4. The molecule has 0 atom stereocenters. The molecule has 2 N–H and O–H groups in total. The van der Waals surface area contributed by atoms with Crippen molar-refractivity contribution in [1.82, 2.24) is 9.97 Å². The number of aryl methyl sites for hydroxylation is 1. The smallest absolute Gasteiger partial charge is 0.339 e. The van der Waals surface area contributed by atoms with Crippen LogP contribution in [0.25, 0.3) is 0 Å². The standard InChI is InChI=1S/C14H17N3O4/c1-8(2)20-13-7-15-6-12(17-13)16-5-10-4-11(14(18)19)9(3)21-10/h4,6-8H,5H2,1-3H3,(H,16,17)(H,18,19). The number of rotatable bonds is 6. The maximum absolute atomic E-state index is 10.9. The van der Waals surface area contributed by atoms with E-state index in [1.165, 1.54) is 12.3 Å². The molecule has 0 bridgehead atoms. The summed E-state index contributed by atoms with van der Waals surface area (Å²) in [6.45, 7) is 5.74. The van der Waals surface area contributed by atoms with Crippen LogP contribution in [0.3, 0.4) is 0 Å². The Morgan fingerprint density at radius 1 is 1.48 bits per heavy atom. The van der Waals surface area contributed by atoms with E-state index in [4.69, 9.17) is 14.3 Å². The molecule has 0 saturated carbocycles. The highest BCUT2D eigenvalue weighted by atomic mass is 16.5. The second kappa shape index (κ2) is 6.25. The predicted molar refractivity (Wildman–Crippen MR) is 75.5 cm³/mol. The van der Waals surface area contributed by atoms with Crippen molar-refractivity contribution in [3.8, 4) is 5.88 Å². The summed E-state index contributed by atoms with van der Waals surface area (Å²) in [5, 5.41) is 12.0. The van der Waals surface area contributed by atoms with E-state index in [9.17, 15) is 4.79 Å². The van der Waals surface area contributed by atoms with Crippen LogP contribution in [-0.2, 0) is 6.54 Å². The Hall–Kier alpha value is -2.57. The Morgan fingerprint density at radius 3 is 2.86 bits per heavy atom. The summed E-state index contributed by atoms with van der Waals surface area (Å²) in [5.74, 6) is 0.842. The summed E-state index contributed by atoms with van der Waals surface area (Å²) < 4.78 is 10.8. The molecule has 0 amide bonds. The zero-order valence-corrected chi connectivity index (χ0v) is 12.1. The lowest BCUT2D eigenvalue weighted by molar-refractivity contribution is 0.0695. The molecule has 2 heterocycles. The van der Waals surface area contributed by atoms with Gasteiger partial charge in [-0.15, -0.1) is 0 Å². The molecule has 7 heteroatoms. The number of hydrogen-bond acceptors (Lipinski definition) is 6. The third-order valence-corrected chi connectivity index (χ3v) is 2.61. The molecule has 0 fully saturated rings. The largest absolute Gasteiger partial charge is 0.478 e. The van der Waals surface area contributed by atoms with Crippen LogP contribution in [0.4, 0.5) is 5.82 Å². The van der Waals surface area contributed by atoms with Gasteiger partial charge in [-0.05, 0) is 26.8 Å². The SMILES string of the molecule is Cc1oc(CNc2cncc(OC(C)C)n2)cc1C(=O)O. The Morgan fingerprint density at radius 2 is 2.24 bits per heavy atom. The number of ether oxygens (including phenoxy) is 1. The van der Waals surface area contributed by atoms with Crippen molar-refractivity contribution in [1.29, 1.82) is 0 Å². The molecule has 2 rings (SSSR count). The summed E-state index contributed by atoms with van der Waals surface area (Å²) in [6, 6.07) is 1.49. The van der Waals surface area contributed by atoms with Gasteiger partial charge in [0.1, 0.15) is 22.9 Å². The highest BCUT2D eigenvalue weighted by Gasteiger charge is 2.13. The number of aromatic carboxylic acids is 1. The Labute approximate surface area is 122 Å². The van der Waals surface area contributed by atoms with Crippen LogP contribution in [0.2, 0.25) is 0 Å². The Balaban J connectivity index is 2.03. The summed E-state index contributed by atoms with van der Waals surface area (Å²) in [5.41, 5.74) is 0.162. The number of carboxylic acid groups (broad SMARTS) is 1. The normalized spacial score (nSPS) is 10.7. The topological polar surface area (TPSA) is 97.5 Å². The maximum Gasteiger partial charge on any atom is 0.339 e. The summed E-state index contributed by atoms with van der Waals surface area (Å²) in [6.07, 6.45) is 3.10. The Bertz CT molecular complexity index is 637. The molecule has 2 aromatic rings. The van der Waals surface area contributed by atoms with Gasteiger partial charge in [0.05, 0.1) is 25.0 Å². The van der Waals surface area contributed by atoms with E-state index in [0.717, 1.165) is 0 Å². The molecule has 2 aromatic heterocycles. The van der Waals surface area contributed by atoms with Gasteiger partial charge in [0.15, 0.2) is 0 Å². The van der Waals surface area contributed by atoms with Crippen molar-refractivity contribution in [3.05, 3.63) is 35.5 Å². The first kappa shape index (κ1) is 14.8. The minimum absolute atomic E-state index is 0.0143. The fraction of sp³-hybridized carbons (Fsp3) is 0.357. The Kier molecular flexibility index (Phi) is 4.42. The molecule has 0 radical (unpaired) electrons. The van der Waals surface area contributed by atoms with Crippen LogP contribution in [0, 0.1) is 6.92 Å². The molecule has 0 aliphatic rings. The molecule has 112 valence electrons. The predicted octanol–water partition coefficient (Wildman–Crippen LogP) is 2.48. The number of furan rings is 1. The molecule has 0 spiro atoms. The van der Waals surface area contributed by atoms with Crippen molar-refractivity contribution in [2.75, 3.05) is 5.32 Å². The van der Waals surface area contributed by atoms with Crippen LogP contribution in [0.15, 0.2) is 22.9 Å². The van der Waals surface area contributed by atoms with Crippen molar-refractivity contribution in [2.45, 2.75) is 33.4 Å². The van der Waals surface area contributed by atoms with Crippen molar-refractivity contribution in [3.63, 3.8) is 0 Å². The minimum atomic E-state index is -1.00. The number of nitrogens with one attached hydrogen (secondary N) is 1. The van der Waals surface area contributed by atoms with Gasteiger partial charge in [-0.25, -0.2) is 4.79 Å². The highest BCUT2D eigenvalue weighted by Crippen LogP contribution is 2.16. The van der Waals surface area contributed by atoms with Crippen LogP contribution in [0.1, 0.15) is 35.7 Å². The van der Waals surface area contributed by atoms with Gasteiger partial charge in [-0.1, -0.05) is 0 Å². The minimum Gasteiger partial charge on any atom is -0.478 e. The van der Waals surface area contributed by atoms with Crippen LogP contribution >= 0.6 is 0 Å². The molecular weight excluding hydrogens is 274 g/mol. The van der Waals surface area contributed by atoms with E-state index in [2.05, 4.69) is 15.3 Å². The number of carboxylic acids is 1. The molecule has 0 aromatic carbocycles. The monoisotopic (exact) mass is 291 g/mol. The van der Waals surface area contributed by atoms with Gasteiger partial charge in [0, 0.05) is 0 Å². The van der Waals surface area contributed by atoms with Gasteiger partial charge in [-0.2, -0.15) is 4.98 Å². The number of aromatic nitrogens is 2. The third kappa shape index (κ3) is 3.95. The van der Waals surface area contributed by atoms with Crippen molar-refractivity contribution >= 4 is 11.8 Å². The molecule has 0 aliphatic carbocycles. The first-order chi connectivity index (χ1) is 9.95. The van der Waals surface area contributed by atoms with E-state index < -0.39 is 5.97 Å². The summed E-state index contributed by atoms with van der Waals surface area (Å²) in [4.78, 5) is 19.2. The highest BCUT2D eigenvalue weighted by molar-refractivity contribution is 5.88. The third-order valence-electron chi connectivity index (χ3n) is 2.61. The second-order valence-corrected chi connectivity index (χ2v) is 4.75. The van der Waals surface area contributed by atoms with Crippen LogP contribution in [-0.4, -0.2) is 27.1 Å². The summed E-state index contributed by atoms with van der Waals surface area (Å²) in [7, 11) is 0. The first-order valence-electron chi connectivity index (χ1n) is 6.51. The van der Waals surface area contributed by atoms with Gasteiger partial charge >= 0.3 is 5.97 Å². The summed E-state index contributed by atoms with van der Waals surface area (Å²) >= 11 is 0. The lowest BCUT2D eigenvalue weighted by Gasteiger charge is -2.09. The number of carbonyl (C=O) groups is 1. The lowest BCUT2D eigenvalue weighted by Crippen LogP contribution is -2.08. The fourth-order valence-corrected chi connectivity index (χ4v) is 1.75. The zero-order valence-electron chi connectivity index (χ0n) is 12.1. The molecule has 21 heavy (non-hydrogen) atoms. The van der Waals surface area contributed by atoms with E-state index in [-0.39, 0.29) is 11.7 Å². The molecule has 0 unspecified atom stereocenters. The fourth-order valence-electron chi connectivity index (χ4n) is 1.75. The zero-order chi connectivity index (χ0) is 15.4. The van der Waals surface area contributed by atoms with E-state index in [1.807, 2.05) is 13.8 Å². The molecule has 0 saturated heterocycles. The van der Waals surface area contributed by atoms with E-state index in [0.29, 0.717) is 29.8 Å². The van der Waals surface area contributed by atoms with Gasteiger partial charge in [0.2, 0.25) is 5.88 Å². The van der Waals surface area contributed by atoms with Crippen molar-refractivity contribution in [2.24, 2.45) is 0 Å². The average molecular weight is 291 g/mol. The first-order valence-corrected chi connectivity index (χ1v) is 6.51. The van der Waals surface area contributed by atoms with E-state index in [1.54, 1.807) is 13.1 Å². The van der Waals surface area contributed by atoms with Crippen LogP contribution < -0.4 is 10.1 Å². The van der Waals surface area contributed by atoms with Crippen LogP contribution in [0.5, 0.6) is 5.88 Å². The number of anilines is 1. The van der Waals surface area contributed by atoms with Gasteiger partial charge in [0.25, 0.3) is 0 Å².